The van der Waals surface area contributed by atoms with Gasteiger partial charge in [-0.15, -0.1) is 0 Å². The highest BCUT2D eigenvalue weighted by Gasteiger charge is 2.20. The summed E-state index contributed by atoms with van der Waals surface area (Å²) in [4.78, 5) is 6.64. The maximum atomic E-state index is 5.60. The van der Waals surface area contributed by atoms with Crippen LogP contribution in [0, 0.1) is 0 Å². The van der Waals surface area contributed by atoms with Gasteiger partial charge in [-0.2, -0.15) is 0 Å². The molecule has 0 aliphatic carbocycles. The Bertz CT molecular complexity index is 598. The number of nitrogens with zero attached hydrogens (tertiary/aromatic N) is 2. The number of ether oxygens (including phenoxy) is 1. The fraction of sp³-hybridized carbons (Fsp3) is 0.235. The van der Waals surface area contributed by atoms with Crippen LogP contribution in [0.25, 0.3) is 0 Å². The summed E-state index contributed by atoms with van der Waals surface area (Å²) in [6.45, 7) is 2.19. The van der Waals surface area contributed by atoms with Gasteiger partial charge in [0.15, 0.2) is 0 Å². The van der Waals surface area contributed by atoms with E-state index in [0.717, 1.165) is 13.1 Å². The number of benzene rings is 2. The van der Waals surface area contributed by atoms with E-state index in [2.05, 4.69) is 58.4 Å². The fourth-order valence-corrected chi connectivity index (χ4v) is 2.49. The first-order valence-corrected chi connectivity index (χ1v) is 7.11. The quantitative estimate of drug-likeness (QED) is 0.915. The molecule has 0 aromatic heterocycles. The molecule has 0 radical (unpaired) electrons. The zero-order valence-corrected chi connectivity index (χ0v) is 11.9. The Balaban J connectivity index is 1.78. The van der Waals surface area contributed by atoms with Crippen molar-refractivity contribution in [3.63, 3.8) is 0 Å². The van der Waals surface area contributed by atoms with Crippen LogP contribution in [0.1, 0.15) is 5.56 Å². The van der Waals surface area contributed by atoms with E-state index in [1.807, 2.05) is 12.1 Å². The summed E-state index contributed by atoms with van der Waals surface area (Å²) in [6.07, 6.45) is 0. The lowest BCUT2D eigenvalue weighted by molar-refractivity contribution is 0.313. The van der Waals surface area contributed by atoms with Crippen LogP contribution in [0.5, 0.6) is 0 Å². The van der Waals surface area contributed by atoms with Gasteiger partial charge < -0.3 is 15.4 Å². The van der Waals surface area contributed by atoms with Gasteiger partial charge >= 0.3 is 0 Å². The second kappa shape index (κ2) is 6.31. The molecule has 2 aromatic carbocycles. The summed E-state index contributed by atoms with van der Waals surface area (Å²) in [5, 5.41) is 0. The molecule has 108 valence electrons. The zero-order valence-electron chi connectivity index (χ0n) is 11.9. The Morgan fingerprint density at radius 1 is 1.05 bits per heavy atom. The minimum Gasteiger partial charge on any atom is -0.463 e. The van der Waals surface area contributed by atoms with E-state index in [9.17, 15) is 0 Å². The number of para-hydroxylation sites is 1. The minimum atomic E-state index is 0.0916. The second-order valence-corrected chi connectivity index (χ2v) is 5.13. The molecule has 3 rings (SSSR count). The van der Waals surface area contributed by atoms with Gasteiger partial charge in [-0.25, -0.2) is 4.99 Å². The van der Waals surface area contributed by atoms with E-state index in [-0.39, 0.29) is 6.04 Å². The van der Waals surface area contributed by atoms with E-state index < -0.39 is 0 Å². The van der Waals surface area contributed by atoms with E-state index >= 15 is 0 Å². The molecule has 0 fully saturated rings. The summed E-state index contributed by atoms with van der Waals surface area (Å²) in [5.41, 5.74) is 8.06. The third-order valence-electron chi connectivity index (χ3n) is 3.50. The van der Waals surface area contributed by atoms with E-state index in [4.69, 9.17) is 10.5 Å². The molecule has 1 aliphatic heterocycles. The molecular formula is C17H19N3O. The van der Waals surface area contributed by atoms with Crippen molar-refractivity contribution in [1.29, 1.82) is 0 Å². The number of aliphatic imine (C=N–C) groups is 1. The van der Waals surface area contributed by atoms with Crippen molar-refractivity contribution in [2.75, 3.05) is 18.1 Å². The summed E-state index contributed by atoms with van der Waals surface area (Å²) in [7, 11) is 0. The predicted octanol–water partition coefficient (Wildman–Crippen LogP) is 2.41. The summed E-state index contributed by atoms with van der Waals surface area (Å²) < 4.78 is 5.25. The zero-order chi connectivity index (χ0) is 14.5. The summed E-state index contributed by atoms with van der Waals surface area (Å²) in [5.74, 6) is 0. The summed E-state index contributed by atoms with van der Waals surface area (Å²) in [6, 6.07) is 21.2. The molecule has 4 heteroatoms. The maximum Gasteiger partial charge on any atom is 0.282 e. The number of anilines is 1. The van der Waals surface area contributed by atoms with E-state index in [1.54, 1.807) is 0 Å². The predicted molar refractivity (Wildman–Crippen MR) is 85.3 cm³/mol. The average Bonchev–Trinajstić information content (AvgIpc) is 2.94. The number of nitrogens with two attached hydrogens (primary N) is 1. The monoisotopic (exact) mass is 281 g/mol. The standard InChI is InChI=1S/C17H19N3O/c18-17-19-15(13-21-17)12-20(16-9-5-2-6-10-16)11-14-7-3-1-4-8-14/h1-10,15H,11-13H2,(H2,18,19)/t15-/m0/s1. The molecule has 0 spiro atoms. The van der Waals surface area contributed by atoms with Crippen molar-refractivity contribution in [3.05, 3.63) is 66.2 Å². The lowest BCUT2D eigenvalue weighted by atomic mass is 10.1. The van der Waals surface area contributed by atoms with Gasteiger partial charge in [0.2, 0.25) is 0 Å². The van der Waals surface area contributed by atoms with Crippen molar-refractivity contribution in [2.24, 2.45) is 10.7 Å². The average molecular weight is 281 g/mol. The Morgan fingerprint density at radius 2 is 1.71 bits per heavy atom. The molecular weight excluding hydrogens is 262 g/mol. The topological polar surface area (TPSA) is 50.8 Å². The van der Waals surface area contributed by atoms with Crippen LogP contribution in [0.15, 0.2) is 65.7 Å². The Labute approximate surface area is 124 Å². The van der Waals surface area contributed by atoms with E-state index in [0.29, 0.717) is 12.6 Å². The lowest BCUT2D eigenvalue weighted by Crippen LogP contribution is -2.32. The highest BCUT2D eigenvalue weighted by atomic mass is 16.5. The largest absolute Gasteiger partial charge is 0.463 e. The SMILES string of the molecule is NC1=N[C@@H](CN(Cc2ccccc2)c2ccccc2)CO1. The molecule has 0 saturated heterocycles. The smallest absolute Gasteiger partial charge is 0.282 e. The first kappa shape index (κ1) is 13.5. The normalized spacial score (nSPS) is 17.1. The summed E-state index contributed by atoms with van der Waals surface area (Å²) >= 11 is 0. The molecule has 1 aliphatic rings. The van der Waals surface area contributed by atoms with Gasteiger partial charge in [-0.3, -0.25) is 0 Å². The molecule has 21 heavy (non-hydrogen) atoms. The van der Waals surface area contributed by atoms with Crippen LogP contribution in [0.4, 0.5) is 5.69 Å². The fourth-order valence-electron chi connectivity index (χ4n) is 2.49. The molecule has 0 unspecified atom stereocenters. The third kappa shape index (κ3) is 3.54. The molecule has 0 saturated carbocycles. The van der Waals surface area contributed by atoms with Crippen molar-refractivity contribution < 1.29 is 4.74 Å². The first-order valence-electron chi connectivity index (χ1n) is 7.11. The van der Waals surface area contributed by atoms with Crippen LogP contribution in [0.3, 0.4) is 0 Å². The first-order chi connectivity index (χ1) is 10.3. The second-order valence-electron chi connectivity index (χ2n) is 5.13. The number of hydrogen-bond donors (Lipinski definition) is 1. The lowest BCUT2D eigenvalue weighted by Gasteiger charge is -2.26. The Hall–Kier alpha value is -2.49. The number of rotatable bonds is 5. The van der Waals surface area contributed by atoms with Gasteiger partial charge in [0.1, 0.15) is 12.6 Å². The Morgan fingerprint density at radius 3 is 2.33 bits per heavy atom. The van der Waals surface area contributed by atoms with E-state index in [1.165, 1.54) is 11.3 Å². The molecule has 0 amide bonds. The van der Waals surface area contributed by atoms with Gasteiger partial charge in [-0.05, 0) is 17.7 Å². The van der Waals surface area contributed by atoms with Gasteiger partial charge in [0.25, 0.3) is 6.02 Å². The minimum absolute atomic E-state index is 0.0916. The molecule has 2 N–H and O–H groups in total. The molecule has 4 nitrogen and oxygen atoms in total. The number of amidine groups is 1. The van der Waals surface area contributed by atoms with Gasteiger partial charge in [0, 0.05) is 18.8 Å². The van der Waals surface area contributed by atoms with Crippen molar-refractivity contribution >= 4 is 11.7 Å². The van der Waals surface area contributed by atoms with Crippen LogP contribution < -0.4 is 10.6 Å². The molecule has 0 bridgehead atoms. The van der Waals surface area contributed by atoms with Crippen LogP contribution >= 0.6 is 0 Å². The van der Waals surface area contributed by atoms with Crippen molar-refractivity contribution in [1.82, 2.24) is 0 Å². The van der Waals surface area contributed by atoms with Crippen LogP contribution in [0.2, 0.25) is 0 Å². The van der Waals surface area contributed by atoms with Crippen molar-refractivity contribution in [3.8, 4) is 0 Å². The highest BCUT2D eigenvalue weighted by molar-refractivity contribution is 5.73. The molecule has 2 aromatic rings. The number of hydrogen-bond acceptors (Lipinski definition) is 4. The molecule has 1 atom stereocenters. The van der Waals surface area contributed by atoms with Crippen LogP contribution in [-0.2, 0) is 11.3 Å². The highest BCUT2D eigenvalue weighted by Crippen LogP contribution is 2.18. The molecule has 1 heterocycles. The van der Waals surface area contributed by atoms with Gasteiger partial charge in [0.05, 0.1) is 0 Å². The van der Waals surface area contributed by atoms with Crippen LogP contribution in [-0.4, -0.2) is 25.2 Å². The Kier molecular flexibility index (Phi) is 4.05. The maximum absolute atomic E-state index is 5.60. The van der Waals surface area contributed by atoms with Crippen molar-refractivity contribution in [2.45, 2.75) is 12.6 Å². The third-order valence-corrected chi connectivity index (χ3v) is 3.50. The van der Waals surface area contributed by atoms with Gasteiger partial charge in [-0.1, -0.05) is 48.5 Å².